The van der Waals surface area contributed by atoms with E-state index in [4.69, 9.17) is 4.74 Å². The Bertz CT molecular complexity index is 725. The van der Waals surface area contributed by atoms with Crippen molar-refractivity contribution in [1.29, 1.82) is 0 Å². The topological polar surface area (TPSA) is 84.9 Å². The van der Waals surface area contributed by atoms with E-state index in [2.05, 4.69) is 10.1 Å². The number of thiophene rings is 1. The molecule has 1 saturated heterocycles. The number of nitrogens with zero attached hydrogens (tertiary/aromatic N) is 1. The number of halogens is 1. The van der Waals surface area contributed by atoms with Gasteiger partial charge in [-0.05, 0) is 38.1 Å². The van der Waals surface area contributed by atoms with Crippen LogP contribution in [0.3, 0.4) is 0 Å². The molecule has 10 heteroatoms. The Morgan fingerprint density at radius 2 is 1.92 bits per heavy atom. The van der Waals surface area contributed by atoms with Crippen LogP contribution in [0.5, 0.6) is 5.75 Å². The summed E-state index contributed by atoms with van der Waals surface area (Å²) in [4.78, 5) is 11.9. The van der Waals surface area contributed by atoms with E-state index in [1.165, 1.54) is 37.4 Å². The minimum atomic E-state index is -3.68. The molecule has 2 fully saturated rings. The number of carbonyl (C=O) groups excluding carboxylic acids is 1. The van der Waals surface area contributed by atoms with Gasteiger partial charge in [0.05, 0.1) is 14.2 Å². The number of hydrogen-bond donors (Lipinski definition) is 1. The highest BCUT2D eigenvalue weighted by Gasteiger charge is 2.34. The largest absolute Gasteiger partial charge is 0.494 e. The lowest BCUT2D eigenvalue weighted by molar-refractivity contribution is 0.0606. The van der Waals surface area contributed by atoms with Gasteiger partial charge in [0.2, 0.25) is 0 Å². The Hall–Kier alpha value is -0.870. The molecular formula is C16H25ClN2O5S2. The number of piperidine rings is 1. The van der Waals surface area contributed by atoms with Crippen LogP contribution in [0.1, 0.15) is 35.4 Å². The van der Waals surface area contributed by atoms with Crippen LogP contribution in [-0.2, 0) is 14.8 Å². The molecule has 0 unspecified atom stereocenters. The number of carbonyl (C=O) groups is 1. The molecule has 1 aromatic rings. The van der Waals surface area contributed by atoms with Crippen molar-refractivity contribution in [1.82, 2.24) is 9.62 Å². The maximum absolute atomic E-state index is 13.0. The first-order chi connectivity index (χ1) is 12.0. The Morgan fingerprint density at radius 3 is 2.46 bits per heavy atom. The molecule has 1 saturated carbocycles. The molecule has 1 aliphatic carbocycles. The minimum Gasteiger partial charge on any atom is -0.494 e. The van der Waals surface area contributed by atoms with Gasteiger partial charge in [-0.1, -0.05) is 0 Å². The summed E-state index contributed by atoms with van der Waals surface area (Å²) in [5.74, 6) is 0.445. The van der Waals surface area contributed by atoms with E-state index in [0.717, 1.165) is 36.6 Å². The SMILES string of the molecule is COC(=O)c1cc(OC)c(S(=O)(=O)N2CCC(NCC3CC3)CC2)s1.Cl. The Labute approximate surface area is 164 Å². The zero-order chi connectivity index (χ0) is 18.0. The monoisotopic (exact) mass is 424 g/mol. The molecule has 148 valence electrons. The van der Waals surface area contributed by atoms with Crippen molar-refractivity contribution in [3.63, 3.8) is 0 Å². The summed E-state index contributed by atoms with van der Waals surface area (Å²) in [6, 6.07) is 1.80. The van der Waals surface area contributed by atoms with Crippen molar-refractivity contribution in [3.8, 4) is 5.75 Å². The predicted molar refractivity (Wildman–Crippen MR) is 102 cm³/mol. The fourth-order valence-electron chi connectivity index (χ4n) is 2.95. The van der Waals surface area contributed by atoms with Crippen molar-refractivity contribution in [2.45, 2.75) is 35.9 Å². The molecule has 7 nitrogen and oxygen atoms in total. The molecule has 0 radical (unpaired) electrons. The number of nitrogens with one attached hydrogen (secondary N) is 1. The van der Waals surface area contributed by atoms with Gasteiger partial charge in [-0.25, -0.2) is 13.2 Å². The summed E-state index contributed by atoms with van der Waals surface area (Å²) >= 11 is 0.896. The van der Waals surface area contributed by atoms with Gasteiger partial charge in [-0.3, -0.25) is 0 Å². The third-order valence-electron chi connectivity index (χ3n) is 4.69. The van der Waals surface area contributed by atoms with Gasteiger partial charge in [0.15, 0.2) is 9.96 Å². The van der Waals surface area contributed by atoms with E-state index in [1.54, 1.807) is 0 Å². The van der Waals surface area contributed by atoms with Crippen LogP contribution in [0.25, 0.3) is 0 Å². The highest BCUT2D eigenvalue weighted by molar-refractivity contribution is 7.91. The second kappa shape index (κ2) is 8.88. The Balaban J connectivity index is 0.00000243. The number of esters is 1. The van der Waals surface area contributed by atoms with Gasteiger partial charge < -0.3 is 14.8 Å². The standard InChI is InChI=1S/C16H24N2O5S2.ClH/c1-22-13-9-14(15(19)23-2)24-16(13)25(20,21)18-7-5-12(6-8-18)17-10-11-3-4-11;/h9,11-12,17H,3-8,10H2,1-2H3;1H. The molecule has 1 aromatic heterocycles. The molecule has 0 bridgehead atoms. The maximum Gasteiger partial charge on any atom is 0.348 e. The average Bonchev–Trinajstić information content (AvgIpc) is 3.35. The number of methoxy groups -OCH3 is 2. The van der Waals surface area contributed by atoms with E-state index in [9.17, 15) is 13.2 Å². The molecule has 1 aliphatic heterocycles. The smallest absolute Gasteiger partial charge is 0.348 e. The summed E-state index contributed by atoms with van der Waals surface area (Å²) in [6.45, 7) is 1.98. The molecule has 2 aliphatic rings. The summed E-state index contributed by atoms with van der Waals surface area (Å²) in [5, 5.41) is 3.54. The fraction of sp³-hybridized carbons (Fsp3) is 0.688. The van der Waals surface area contributed by atoms with E-state index >= 15 is 0 Å². The first-order valence-electron chi connectivity index (χ1n) is 8.45. The van der Waals surface area contributed by atoms with Crippen LogP contribution in [0.2, 0.25) is 0 Å². The van der Waals surface area contributed by atoms with Gasteiger partial charge in [0.1, 0.15) is 4.88 Å². The van der Waals surface area contributed by atoms with Gasteiger partial charge in [0.25, 0.3) is 10.0 Å². The number of sulfonamides is 1. The van der Waals surface area contributed by atoms with E-state index in [0.29, 0.717) is 19.1 Å². The second-order valence-electron chi connectivity index (χ2n) is 6.49. The fourth-order valence-corrected chi connectivity index (χ4v) is 6.06. The van der Waals surface area contributed by atoms with Gasteiger partial charge in [-0.15, -0.1) is 23.7 Å². The molecule has 0 atom stereocenters. The molecule has 1 N–H and O–H groups in total. The molecule has 0 aromatic carbocycles. The summed E-state index contributed by atoms with van der Waals surface area (Å²) in [7, 11) is -1.01. The van der Waals surface area contributed by atoms with Crippen LogP contribution >= 0.6 is 23.7 Å². The van der Waals surface area contributed by atoms with Crippen molar-refractivity contribution in [2.24, 2.45) is 5.92 Å². The first-order valence-corrected chi connectivity index (χ1v) is 10.7. The molecule has 3 rings (SSSR count). The van der Waals surface area contributed by atoms with E-state index in [1.807, 2.05) is 0 Å². The van der Waals surface area contributed by atoms with E-state index < -0.39 is 16.0 Å². The van der Waals surface area contributed by atoms with Crippen LogP contribution in [0, 0.1) is 5.92 Å². The average molecular weight is 425 g/mol. The van der Waals surface area contributed by atoms with Crippen LogP contribution in [0.4, 0.5) is 0 Å². The number of rotatable bonds is 7. The minimum absolute atomic E-state index is 0. The zero-order valence-corrected chi connectivity index (χ0v) is 17.3. The first kappa shape index (κ1) is 21.4. The van der Waals surface area contributed by atoms with Crippen molar-refractivity contribution < 1.29 is 22.7 Å². The van der Waals surface area contributed by atoms with Crippen LogP contribution in [0.15, 0.2) is 10.3 Å². The zero-order valence-electron chi connectivity index (χ0n) is 14.9. The van der Waals surface area contributed by atoms with Crippen molar-refractivity contribution in [3.05, 3.63) is 10.9 Å². The second-order valence-corrected chi connectivity index (χ2v) is 9.67. The highest BCUT2D eigenvalue weighted by Crippen LogP contribution is 2.36. The summed E-state index contributed by atoms with van der Waals surface area (Å²) in [6.07, 6.45) is 4.20. The lowest BCUT2D eigenvalue weighted by Gasteiger charge is -2.31. The van der Waals surface area contributed by atoms with E-state index in [-0.39, 0.29) is 27.2 Å². The van der Waals surface area contributed by atoms with Gasteiger partial charge in [0, 0.05) is 25.2 Å². The van der Waals surface area contributed by atoms with Crippen LogP contribution < -0.4 is 10.1 Å². The lowest BCUT2D eigenvalue weighted by atomic mass is 10.1. The van der Waals surface area contributed by atoms with Gasteiger partial charge in [-0.2, -0.15) is 4.31 Å². The van der Waals surface area contributed by atoms with Crippen molar-refractivity contribution in [2.75, 3.05) is 33.9 Å². The third kappa shape index (κ3) is 4.69. The van der Waals surface area contributed by atoms with Gasteiger partial charge >= 0.3 is 5.97 Å². The van der Waals surface area contributed by atoms with Crippen molar-refractivity contribution >= 4 is 39.7 Å². The Kier molecular flexibility index (Phi) is 7.32. The third-order valence-corrected chi connectivity index (χ3v) is 8.18. The molecular weight excluding hydrogens is 400 g/mol. The molecule has 2 heterocycles. The predicted octanol–water partition coefficient (Wildman–Crippen LogP) is 2.12. The molecule has 0 spiro atoms. The lowest BCUT2D eigenvalue weighted by Crippen LogP contribution is -2.45. The number of hydrogen-bond acceptors (Lipinski definition) is 7. The Morgan fingerprint density at radius 1 is 1.27 bits per heavy atom. The summed E-state index contributed by atoms with van der Waals surface area (Å²) < 4.78 is 37.3. The van der Waals surface area contributed by atoms with Crippen LogP contribution in [-0.4, -0.2) is 58.6 Å². The number of ether oxygens (including phenoxy) is 2. The summed E-state index contributed by atoms with van der Waals surface area (Å²) in [5.41, 5.74) is 0. The molecule has 0 amide bonds. The maximum atomic E-state index is 13.0. The normalized spacial score (nSPS) is 19.0. The quantitative estimate of drug-likeness (QED) is 0.675. The molecule has 26 heavy (non-hydrogen) atoms. The highest BCUT2D eigenvalue weighted by atomic mass is 35.5.